The Kier molecular flexibility index (Phi) is 4.10. The first-order valence-electron chi connectivity index (χ1n) is 5.42. The highest BCUT2D eigenvalue weighted by Gasteiger charge is 2.29. The number of carboxylic acid groups (broad SMARTS) is 1. The van der Waals surface area contributed by atoms with Crippen LogP contribution in [0.2, 0.25) is 0 Å². The average Bonchev–Trinajstić information content (AvgIpc) is 2.27. The fraction of sp³-hybridized carbons (Fsp3) is 0.818. The molecule has 0 aromatic heterocycles. The van der Waals surface area contributed by atoms with Crippen molar-refractivity contribution in [3.05, 3.63) is 0 Å². The molecule has 0 spiro atoms. The number of carbonyl (C=O) groups is 1. The van der Waals surface area contributed by atoms with Gasteiger partial charge in [0.1, 0.15) is 0 Å². The molecule has 1 N–H and O–H groups in total. The zero-order valence-electron chi connectivity index (χ0n) is 9.31. The van der Waals surface area contributed by atoms with Crippen LogP contribution in [-0.2, 0) is 4.79 Å². The van der Waals surface area contributed by atoms with E-state index in [1.165, 1.54) is 0 Å². The van der Waals surface area contributed by atoms with Gasteiger partial charge in [-0.25, -0.2) is 0 Å². The summed E-state index contributed by atoms with van der Waals surface area (Å²) in [6.07, 6.45) is 1.94. The monoisotopic (exact) mass is 210 g/mol. The van der Waals surface area contributed by atoms with Crippen LogP contribution in [0.5, 0.6) is 0 Å². The van der Waals surface area contributed by atoms with Crippen LogP contribution < -0.4 is 0 Å². The van der Waals surface area contributed by atoms with E-state index >= 15 is 0 Å². The summed E-state index contributed by atoms with van der Waals surface area (Å²) in [7, 11) is 0. The Morgan fingerprint density at radius 3 is 2.80 bits per heavy atom. The van der Waals surface area contributed by atoms with Crippen molar-refractivity contribution in [3.63, 3.8) is 0 Å². The molecule has 0 aromatic carbocycles. The van der Waals surface area contributed by atoms with Crippen molar-refractivity contribution >= 4 is 5.97 Å². The standard InChI is InChI=1S/C11H18N2O2/c1-8(11(14)15)9(2)13-5-3-4-10(6-12)7-13/h8-10H,3-5,7H2,1-2H3,(H,14,15). The van der Waals surface area contributed by atoms with Gasteiger partial charge in [0.05, 0.1) is 17.9 Å². The van der Waals surface area contributed by atoms with Crippen LogP contribution in [0.3, 0.4) is 0 Å². The first-order chi connectivity index (χ1) is 7.06. The Balaban J connectivity index is 2.56. The van der Waals surface area contributed by atoms with Gasteiger partial charge in [-0.2, -0.15) is 5.26 Å². The third-order valence-electron chi connectivity index (χ3n) is 3.32. The Morgan fingerprint density at radius 1 is 1.60 bits per heavy atom. The highest BCUT2D eigenvalue weighted by atomic mass is 16.4. The molecule has 1 rings (SSSR count). The van der Waals surface area contributed by atoms with Crippen molar-refractivity contribution < 1.29 is 9.90 Å². The molecule has 1 fully saturated rings. The lowest BCUT2D eigenvalue weighted by Gasteiger charge is -2.36. The number of hydrogen-bond acceptors (Lipinski definition) is 3. The molecule has 0 radical (unpaired) electrons. The molecule has 15 heavy (non-hydrogen) atoms. The van der Waals surface area contributed by atoms with Gasteiger partial charge in [0.25, 0.3) is 0 Å². The molecule has 0 aliphatic carbocycles. The van der Waals surface area contributed by atoms with E-state index in [1.54, 1.807) is 6.92 Å². The third-order valence-corrected chi connectivity index (χ3v) is 3.32. The molecule has 1 saturated heterocycles. The van der Waals surface area contributed by atoms with Gasteiger partial charge in [0.2, 0.25) is 0 Å². The molecular weight excluding hydrogens is 192 g/mol. The minimum absolute atomic E-state index is 0.0126. The first kappa shape index (κ1) is 12.0. The summed E-state index contributed by atoms with van der Waals surface area (Å²) in [4.78, 5) is 13.0. The van der Waals surface area contributed by atoms with Crippen molar-refractivity contribution in [2.45, 2.75) is 32.7 Å². The van der Waals surface area contributed by atoms with Crippen molar-refractivity contribution in [1.29, 1.82) is 5.26 Å². The molecule has 1 heterocycles. The Morgan fingerprint density at radius 2 is 2.27 bits per heavy atom. The first-order valence-corrected chi connectivity index (χ1v) is 5.42. The van der Waals surface area contributed by atoms with Crippen molar-refractivity contribution in [1.82, 2.24) is 4.90 Å². The molecule has 0 aromatic rings. The Hall–Kier alpha value is -1.08. The van der Waals surface area contributed by atoms with Crippen LogP contribution in [0, 0.1) is 23.2 Å². The molecule has 0 amide bonds. The number of piperidine rings is 1. The van der Waals surface area contributed by atoms with E-state index in [-0.39, 0.29) is 17.9 Å². The smallest absolute Gasteiger partial charge is 0.307 e. The number of likely N-dealkylation sites (tertiary alicyclic amines) is 1. The van der Waals surface area contributed by atoms with Crippen molar-refractivity contribution in [2.75, 3.05) is 13.1 Å². The largest absolute Gasteiger partial charge is 0.481 e. The van der Waals surface area contributed by atoms with Gasteiger partial charge in [-0.05, 0) is 26.3 Å². The van der Waals surface area contributed by atoms with E-state index in [0.717, 1.165) is 25.9 Å². The summed E-state index contributed by atoms with van der Waals surface area (Å²) in [5.41, 5.74) is 0. The van der Waals surface area contributed by atoms with E-state index < -0.39 is 5.97 Å². The topological polar surface area (TPSA) is 64.3 Å². The summed E-state index contributed by atoms with van der Waals surface area (Å²) >= 11 is 0. The molecule has 4 heteroatoms. The van der Waals surface area contributed by atoms with Crippen molar-refractivity contribution in [2.24, 2.45) is 11.8 Å². The van der Waals surface area contributed by atoms with Gasteiger partial charge in [-0.1, -0.05) is 6.92 Å². The van der Waals surface area contributed by atoms with Gasteiger partial charge in [0.15, 0.2) is 0 Å². The molecule has 3 unspecified atom stereocenters. The molecule has 0 bridgehead atoms. The number of hydrogen-bond donors (Lipinski definition) is 1. The summed E-state index contributed by atoms with van der Waals surface area (Å²) < 4.78 is 0. The molecule has 1 aliphatic heterocycles. The fourth-order valence-corrected chi connectivity index (χ4v) is 2.00. The zero-order valence-corrected chi connectivity index (χ0v) is 9.31. The van der Waals surface area contributed by atoms with Crippen LogP contribution in [-0.4, -0.2) is 35.1 Å². The number of rotatable bonds is 3. The predicted molar refractivity (Wildman–Crippen MR) is 56.2 cm³/mol. The molecule has 84 valence electrons. The van der Waals surface area contributed by atoms with E-state index in [0.29, 0.717) is 0 Å². The van der Waals surface area contributed by atoms with E-state index in [2.05, 4.69) is 11.0 Å². The summed E-state index contributed by atoms with van der Waals surface area (Å²) in [5, 5.41) is 17.8. The second-order valence-corrected chi connectivity index (χ2v) is 4.33. The quantitative estimate of drug-likeness (QED) is 0.763. The molecule has 0 saturated carbocycles. The maximum absolute atomic E-state index is 10.8. The second-order valence-electron chi connectivity index (χ2n) is 4.33. The lowest BCUT2D eigenvalue weighted by Crippen LogP contribution is -2.45. The molecule has 1 aliphatic rings. The van der Waals surface area contributed by atoms with Gasteiger partial charge in [-0.15, -0.1) is 0 Å². The van der Waals surface area contributed by atoms with E-state index in [4.69, 9.17) is 10.4 Å². The highest BCUT2D eigenvalue weighted by molar-refractivity contribution is 5.70. The summed E-state index contributed by atoms with van der Waals surface area (Å²) in [6, 6.07) is 2.28. The maximum atomic E-state index is 10.8. The van der Waals surface area contributed by atoms with Gasteiger partial charge >= 0.3 is 5.97 Å². The summed E-state index contributed by atoms with van der Waals surface area (Å²) in [5.74, 6) is -1.06. The van der Waals surface area contributed by atoms with Gasteiger partial charge in [-0.3, -0.25) is 9.69 Å². The highest BCUT2D eigenvalue weighted by Crippen LogP contribution is 2.21. The van der Waals surface area contributed by atoms with Crippen LogP contribution in [0.1, 0.15) is 26.7 Å². The fourth-order valence-electron chi connectivity index (χ4n) is 2.00. The van der Waals surface area contributed by atoms with Crippen molar-refractivity contribution in [3.8, 4) is 6.07 Å². The molecule has 4 nitrogen and oxygen atoms in total. The predicted octanol–water partition coefficient (Wildman–Crippen LogP) is 1.33. The molecular formula is C11H18N2O2. The lowest BCUT2D eigenvalue weighted by atomic mass is 9.94. The van der Waals surface area contributed by atoms with Crippen LogP contribution in [0.15, 0.2) is 0 Å². The number of aliphatic carboxylic acids is 1. The van der Waals surface area contributed by atoms with Crippen LogP contribution >= 0.6 is 0 Å². The Labute approximate surface area is 90.5 Å². The van der Waals surface area contributed by atoms with Crippen LogP contribution in [0.25, 0.3) is 0 Å². The second kappa shape index (κ2) is 5.13. The third kappa shape index (κ3) is 2.93. The van der Waals surface area contributed by atoms with E-state index in [9.17, 15) is 4.79 Å². The van der Waals surface area contributed by atoms with Crippen LogP contribution in [0.4, 0.5) is 0 Å². The number of carboxylic acids is 1. The number of nitriles is 1. The lowest BCUT2D eigenvalue weighted by molar-refractivity contribution is -0.143. The minimum atomic E-state index is -0.762. The maximum Gasteiger partial charge on any atom is 0.307 e. The zero-order chi connectivity index (χ0) is 11.4. The van der Waals surface area contributed by atoms with Gasteiger partial charge in [0, 0.05) is 12.6 Å². The minimum Gasteiger partial charge on any atom is -0.481 e. The summed E-state index contributed by atoms with van der Waals surface area (Å²) in [6.45, 7) is 5.29. The Bertz CT molecular complexity index is 272. The van der Waals surface area contributed by atoms with E-state index in [1.807, 2.05) is 6.92 Å². The normalized spacial score (nSPS) is 26.6. The molecule has 3 atom stereocenters. The SMILES string of the molecule is CC(C(=O)O)C(C)N1CCCC(C#N)C1. The number of nitrogens with zero attached hydrogens (tertiary/aromatic N) is 2. The van der Waals surface area contributed by atoms with Gasteiger partial charge < -0.3 is 5.11 Å². The average molecular weight is 210 g/mol.